The first-order valence-electron chi connectivity index (χ1n) is 7.19. The highest BCUT2D eigenvalue weighted by atomic mass is 79.9. The SMILES string of the molecule is Br.CCCCCc1nnc2n1N=C(c1ccc(F)cc1)CS2. The molecule has 0 aliphatic carbocycles. The van der Waals surface area contributed by atoms with Crippen molar-refractivity contribution in [3.63, 3.8) is 0 Å². The van der Waals surface area contributed by atoms with Crippen LogP contribution in [0.5, 0.6) is 0 Å². The number of fused-ring (bicyclic) bond motifs is 1. The van der Waals surface area contributed by atoms with Gasteiger partial charge in [0, 0.05) is 12.2 Å². The lowest BCUT2D eigenvalue weighted by molar-refractivity contribution is 0.627. The third-order valence-electron chi connectivity index (χ3n) is 3.42. The number of aromatic nitrogens is 3. The summed E-state index contributed by atoms with van der Waals surface area (Å²) in [7, 11) is 0. The Bertz CT molecular complexity index is 654. The number of thioether (sulfide) groups is 1. The predicted octanol–water partition coefficient (Wildman–Crippen LogP) is 4.09. The Labute approximate surface area is 144 Å². The summed E-state index contributed by atoms with van der Waals surface area (Å²) in [4.78, 5) is 0. The Morgan fingerprint density at radius 3 is 2.68 bits per heavy atom. The van der Waals surface area contributed by atoms with Crippen LogP contribution >= 0.6 is 28.7 Å². The summed E-state index contributed by atoms with van der Waals surface area (Å²) in [5.41, 5.74) is 1.88. The Balaban J connectivity index is 0.00000176. The number of rotatable bonds is 5. The third-order valence-corrected chi connectivity index (χ3v) is 4.35. The molecule has 118 valence electrons. The van der Waals surface area contributed by atoms with Crippen molar-refractivity contribution in [2.45, 2.75) is 37.8 Å². The van der Waals surface area contributed by atoms with E-state index in [0.29, 0.717) is 0 Å². The van der Waals surface area contributed by atoms with Crippen molar-refractivity contribution in [2.75, 3.05) is 5.75 Å². The molecule has 1 aliphatic heterocycles. The Morgan fingerprint density at radius 1 is 1.18 bits per heavy atom. The van der Waals surface area contributed by atoms with E-state index in [2.05, 4.69) is 22.2 Å². The highest BCUT2D eigenvalue weighted by Crippen LogP contribution is 2.24. The molecule has 0 bridgehead atoms. The zero-order chi connectivity index (χ0) is 14.7. The molecule has 7 heteroatoms. The van der Waals surface area contributed by atoms with Gasteiger partial charge in [0.25, 0.3) is 0 Å². The fraction of sp³-hybridized carbons (Fsp3) is 0.400. The molecule has 0 saturated carbocycles. The highest BCUT2D eigenvalue weighted by molar-refractivity contribution is 8.93. The van der Waals surface area contributed by atoms with Crippen LogP contribution in [-0.2, 0) is 6.42 Å². The molecule has 0 amide bonds. The van der Waals surface area contributed by atoms with E-state index >= 15 is 0 Å². The van der Waals surface area contributed by atoms with Gasteiger partial charge in [-0.25, -0.2) is 4.39 Å². The third kappa shape index (κ3) is 3.76. The summed E-state index contributed by atoms with van der Waals surface area (Å²) in [5, 5.41) is 13.9. The van der Waals surface area contributed by atoms with Gasteiger partial charge in [-0.2, -0.15) is 9.78 Å². The molecule has 2 heterocycles. The number of aryl methyl sites for hydroxylation is 1. The van der Waals surface area contributed by atoms with E-state index in [-0.39, 0.29) is 22.8 Å². The standard InChI is InChI=1S/C15H17FN4S.BrH/c1-2-3-4-5-14-17-18-15-20(14)19-13(10-21-15)11-6-8-12(16)9-7-11;/h6-9H,2-5,10H2,1H3;1H. The summed E-state index contributed by atoms with van der Waals surface area (Å²) in [6.45, 7) is 2.18. The second kappa shape index (κ2) is 7.87. The van der Waals surface area contributed by atoms with E-state index in [1.165, 1.54) is 25.0 Å². The summed E-state index contributed by atoms with van der Waals surface area (Å²) < 4.78 is 14.8. The second-order valence-corrected chi connectivity index (χ2v) is 5.95. The Morgan fingerprint density at radius 2 is 1.95 bits per heavy atom. The van der Waals surface area contributed by atoms with E-state index in [4.69, 9.17) is 0 Å². The van der Waals surface area contributed by atoms with Crippen LogP contribution in [0.25, 0.3) is 0 Å². The number of hydrogen-bond acceptors (Lipinski definition) is 4. The minimum Gasteiger partial charge on any atom is -0.207 e. The van der Waals surface area contributed by atoms with E-state index in [1.807, 2.05) is 4.68 Å². The van der Waals surface area contributed by atoms with Crippen molar-refractivity contribution in [1.29, 1.82) is 0 Å². The average molecular weight is 385 g/mol. The molecule has 22 heavy (non-hydrogen) atoms. The monoisotopic (exact) mass is 384 g/mol. The highest BCUT2D eigenvalue weighted by Gasteiger charge is 2.19. The van der Waals surface area contributed by atoms with Gasteiger partial charge in [0.1, 0.15) is 5.82 Å². The van der Waals surface area contributed by atoms with E-state index in [0.717, 1.165) is 40.9 Å². The van der Waals surface area contributed by atoms with Crippen molar-refractivity contribution >= 4 is 34.5 Å². The topological polar surface area (TPSA) is 43.1 Å². The molecule has 2 aromatic rings. The molecular weight excluding hydrogens is 367 g/mol. The van der Waals surface area contributed by atoms with Gasteiger partial charge in [-0.15, -0.1) is 27.2 Å². The largest absolute Gasteiger partial charge is 0.212 e. The van der Waals surface area contributed by atoms with Gasteiger partial charge in [0.05, 0.1) is 5.71 Å². The lowest BCUT2D eigenvalue weighted by Gasteiger charge is -2.13. The fourth-order valence-corrected chi connectivity index (χ4v) is 3.10. The zero-order valence-electron chi connectivity index (χ0n) is 12.3. The van der Waals surface area contributed by atoms with Crippen LogP contribution in [0.2, 0.25) is 0 Å². The number of halogens is 2. The number of hydrogen-bond donors (Lipinski definition) is 0. The van der Waals surface area contributed by atoms with Crippen LogP contribution in [-0.4, -0.2) is 26.3 Å². The number of unbranched alkanes of at least 4 members (excludes halogenated alkanes) is 2. The molecule has 0 spiro atoms. The molecule has 0 radical (unpaired) electrons. The quantitative estimate of drug-likeness (QED) is 0.729. The Hall–Kier alpha value is -1.21. The molecule has 0 saturated heterocycles. The van der Waals surface area contributed by atoms with Crippen molar-refractivity contribution in [2.24, 2.45) is 5.10 Å². The summed E-state index contributed by atoms with van der Waals surface area (Å²) >= 11 is 1.62. The Kier molecular flexibility index (Phi) is 6.14. The summed E-state index contributed by atoms with van der Waals surface area (Å²) in [5.74, 6) is 1.41. The maximum absolute atomic E-state index is 13.0. The minimum absolute atomic E-state index is 0. The lowest BCUT2D eigenvalue weighted by Crippen LogP contribution is -2.14. The molecule has 1 aliphatic rings. The van der Waals surface area contributed by atoms with Gasteiger partial charge in [0.2, 0.25) is 5.16 Å². The average Bonchev–Trinajstić information content (AvgIpc) is 2.91. The molecular formula is C15H18BrFN4S. The second-order valence-electron chi connectivity index (χ2n) is 5.01. The molecule has 1 aromatic heterocycles. The van der Waals surface area contributed by atoms with Crippen LogP contribution in [0.15, 0.2) is 34.5 Å². The lowest BCUT2D eigenvalue weighted by atomic mass is 10.1. The van der Waals surface area contributed by atoms with Crippen LogP contribution in [0.1, 0.15) is 37.6 Å². The molecule has 4 nitrogen and oxygen atoms in total. The van der Waals surface area contributed by atoms with E-state index in [9.17, 15) is 4.39 Å². The zero-order valence-corrected chi connectivity index (χ0v) is 14.9. The van der Waals surface area contributed by atoms with Crippen LogP contribution < -0.4 is 0 Å². The van der Waals surface area contributed by atoms with E-state index < -0.39 is 0 Å². The van der Waals surface area contributed by atoms with Crippen molar-refractivity contribution in [1.82, 2.24) is 14.9 Å². The first-order chi connectivity index (χ1) is 10.3. The van der Waals surface area contributed by atoms with Gasteiger partial charge >= 0.3 is 0 Å². The maximum atomic E-state index is 13.0. The molecule has 0 unspecified atom stereocenters. The van der Waals surface area contributed by atoms with Gasteiger partial charge in [-0.3, -0.25) is 0 Å². The molecule has 0 atom stereocenters. The normalized spacial score (nSPS) is 13.3. The first-order valence-corrected chi connectivity index (χ1v) is 8.17. The molecule has 3 rings (SSSR count). The van der Waals surface area contributed by atoms with Gasteiger partial charge < -0.3 is 0 Å². The molecule has 1 aromatic carbocycles. The van der Waals surface area contributed by atoms with Crippen LogP contribution in [0.4, 0.5) is 4.39 Å². The van der Waals surface area contributed by atoms with Crippen molar-refractivity contribution in [3.05, 3.63) is 41.5 Å². The van der Waals surface area contributed by atoms with Gasteiger partial charge in [-0.05, 0) is 24.1 Å². The van der Waals surface area contributed by atoms with Crippen molar-refractivity contribution in [3.8, 4) is 0 Å². The van der Waals surface area contributed by atoms with E-state index in [1.54, 1.807) is 23.9 Å². The fourth-order valence-electron chi connectivity index (χ4n) is 2.24. The van der Waals surface area contributed by atoms with Gasteiger partial charge in [-0.1, -0.05) is 43.7 Å². The van der Waals surface area contributed by atoms with Crippen LogP contribution in [0.3, 0.4) is 0 Å². The predicted molar refractivity (Wildman–Crippen MR) is 92.6 cm³/mol. The first kappa shape index (κ1) is 17.1. The number of benzene rings is 1. The minimum atomic E-state index is -0.229. The summed E-state index contributed by atoms with van der Waals surface area (Å²) in [6, 6.07) is 6.46. The van der Waals surface area contributed by atoms with Crippen LogP contribution in [0, 0.1) is 5.82 Å². The summed E-state index contributed by atoms with van der Waals surface area (Å²) in [6.07, 6.45) is 4.35. The smallest absolute Gasteiger partial charge is 0.207 e. The molecule has 0 N–H and O–H groups in total. The molecule has 0 fully saturated rings. The number of nitrogens with zero attached hydrogens (tertiary/aromatic N) is 4. The maximum Gasteiger partial charge on any atom is 0.212 e. The van der Waals surface area contributed by atoms with Crippen molar-refractivity contribution < 1.29 is 4.39 Å². The van der Waals surface area contributed by atoms with Gasteiger partial charge in [0.15, 0.2) is 5.82 Å².